The van der Waals surface area contributed by atoms with E-state index in [1.54, 1.807) is 0 Å². The highest BCUT2D eigenvalue weighted by Crippen LogP contribution is 2.26. The maximum absolute atomic E-state index is 8.41. The number of nitrogens with one attached hydrogen (secondary N) is 1. The summed E-state index contributed by atoms with van der Waals surface area (Å²) >= 11 is 6.61. The van der Waals surface area contributed by atoms with Crippen LogP contribution < -0.4 is 5.73 Å². The van der Waals surface area contributed by atoms with E-state index in [1.165, 1.54) is 0 Å². The summed E-state index contributed by atoms with van der Waals surface area (Å²) in [6.45, 7) is 0. The number of aromatic nitrogens is 1. The average Bonchev–Trinajstić information content (AvgIpc) is 2.33. The van der Waals surface area contributed by atoms with E-state index in [-0.39, 0.29) is 6.04 Å². The average molecular weight is 293 g/mol. The largest absolute Gasteiger partial charge is 0.351 e. The van der Waals surface area contributed by atoms with Crippen molar-refractivity contribution < 1.29 is 0 Å². The molecule has 0 radical (unpaired) electrons. The third-order valence-electron chi connectivity index (χ3n) is 1.46. The monoisotopic (exact) mass is 291 g/mol. The zero-order valence-corrected chi connectivity index (χ0v) is 9.31. The van der Waals surface area contributed by atoms with Crippen LogP contribution in [0.15, 0.2) is 15.1 Å². The highest BCUT2D eigenvalue weighted by Gasteiger charge is 2.09. The van der Waals surface area contributed by atoms with Gasteiger partial charge >= 0.3 is 0 Å². The normalized spacial score (nSPS) is 12.5. The van der Waals surface area contributed by atoms with Crippen molar-refractivity contribution in [1.29, 1.82) is 5.26 Å². The van der Waals surface area contributed by atoms with E-state index in [9.17, 15) is 0 Å². The predicted octanol–water partition coefficient (Wildman–Crippen LogP) is 2.45. The lowest BCUT2D eigenvalue weighted by molar-refractivity contribution is 0.725. The van der Waals surface area contributed by atoms with Gasteiger partial charge in [-0.3, -0.25) is 0 Å². The van der Waals surface area contributed by atoms with Crippen molar-refractivity contribution in [1.82, 2.24) is 4.98 Å². The second-order valence-corrected chi connectivity index (χ2v) is 4.00. The third kappa shape index (κ3) is 2.09. The van der Waals surface area contributed by atoms with Crippen LogP contribution >= 0.6 is 31.9 Å². The Labute approximate surface area is 87.2 Å². The van der Waals surface area contributed by atoms with Crippen LogP contribution in [0.4, 0.5) is 0 Å². The summed E-state index contributed by atoms with van der Waals surface area (Å²) in [5.74, 6) is 0. The van der Waals surface area contributed by atoms with Crippen molar-refractivity contribution in [2.75, 3.05) is 0 Å². The van der Waals surface area contributed by atoms with Gasteiger partial charge in [-0.15, -0.1) is 0 Å². The molecular formula is C7H7Br2N3. The van der Waals surface area contributed by atoms with E-state index in [0.29, 0.717) is 6.42 Å². The lowest BCUT2D eigenvalue weighted by Crippen LogP contribution is -2.09. The van der Waals surface area contributed by atoms with Gasteiger partial charge in [0.15, 0.2) is 0 Å². The molecule has 12 heavy (non-hydrogen) atoms. The highest BCUT2D eigenvalue weighted by molar-refractivity contribution is 9.13. The molecule has 3 N–H and O–H groups in total. The van der Waals surface area contributed by atoms with Crippen LogP contribution in [0.3, 0.4) is 0 Å². The fourth-order valence-corrected chi connectivity index (χ4v) is 1.52. The van der Waals surface area contributed by atoms with E-state index in [2.05, 4.69) is 36.8 Å². The van der Waals surface area contributed by atoms with Gasteiger partial charge in [-0.25, -0.2) is 0 Å². The molecule has 0 amide bonds. The molecule has 0 saturated heterocycles. The minimum Gasteiger partial charge on any atom is -0.351 e. The van der Waals surface area contributed by atoms with Crippen LogP contribution in [-0.2, 0) is 0 Å². The molecule has 64 valence electrons. The van der Waals surface area contributed by atoms with E-state index < -0.39 is 0 Å². The van der Waals surface area contributed by atoms with Gasteiger partial charge in [0, 0.05) is 10.2 Å². The Hall–Kier alpha value is -0.310. The molecule has 1 rings (SSSR count). The molecule has 0 spiro atoms. The van der Waals surface area contributed by atoms with Crippen LogP contribution in [-0.4, -0.2) is 4.98 Å². The van der Waals surface area contributed by atoms with Crippen molar-refractivity contribution in [2.45, 2.75) is 12.5 Å². The minimum atomic E-state index is -0.238. The van der Waals surface area contributed by atoms with Crippen LogP contribution in [0, 0.1) is 11.3 Å². The Morgan fingerprint density at radius 1 is 1.67 bits per heavy atom. The zero-order valence-electron chi connectivity index (χ0n) is 6.14. The SMILES string of the molecule is N#CC[C@H](N)c1cc(Br)c(Br)[nH]1. The van der Waals surface area contributed by atoms with Crippen molar-refractivity contribution in [3.05, 3.63) is 20.8 Å². The molecule has 3 nitrogen and oxygen atoms in total. The lowest BCUT2D eigenvalue weighted by atomic mass is 10.2. The molecule has 1 aromatic heterocycles. The Kier molecular flexibility index (Phi) is 3.32. The molecule has 0 aliphatic rings. The first-order valence-electron chi connectivity index (χ1n) is 3.31. The molecule has 0 aliphatic carbocycles. The van der Waals surface area contributed by atoms with Gasteiger partial charge in [-0.05, 0) is 37.9 Å². The molecule has 0 saturated carbocycles. The van der Waals surface area contributed by atoms with E-state index >= 15 is 0 Å². The quantitative estimate of drug-likeness (QED) is 0.879. The zero-order chi connectivity index (χ0) is 9.14. The molecule has 0 fully saturated rings. The number of hydrogen-bond acceptors (Lipinski definition) is 2. The summed E-state index contributed by atoms with van der Waals surface area (Å²) in [4.78, 5) is 3.02. The third-order valence-corrected chi connectivity index (χ3v) is 3.24. The minimum absolute atomic E-state index is 0.238. The summed E-state index contributed by atoms with van der Waals surface area (Å²) < 4.78 is 1.77. The van der Waals surface area contributed by atoms with Crippen LogP contribution in [0.2, 0.25) is 0 Å². The number of aromatic amines is 1. The summed E-state index contributed by atoms with van der Waals surface area (Å²) in [6, 6.07) is 3.65. The summed E-state index contributed by atoms with van der Waals surface area (Å²) in [5.41, 5.74) is 6.55. The standard InChI is InChI=1S/C7H7Br2N3/c8-4-3-6(12-7(4)9)5(11)1-2-10/h3,5,12H,1,11H2/t5-/m0/s1. The van der Waals surface area contributed by atoms with Crippen molar-refractivity contribution >= 4 is 31.9 Å². The van der Waals surface area contributed by atoms with E-state index in [1.807, 2.05) is 12.1 Å². The number of rotatable bonds is 2. The van der Waals surface area contributed by atoms with Gasteiger partial charge in [-0.2, -0.15) is 5.26 Å². The van der Waals surface area contributed by atoms with Gasteiger partial charge in [0.25, 0.3) is 0 Å². The molecular weight excluding hydrogens is 286 g/mol. The van der Waals surface area contributed by atoms with Gasteiger partial charge in [0.1, 0.15) is 0 Å². The van der Waals surface area contributed by atoms with Crippen LogP contribution in [0.1, 0.15) is 18.2 Å². The van der Waals surface area contributed by atoms with Crippen molar-refractivity contribution in [3.8, 4) is 6.07 Å². The van der Waals surface area contributed by atoms with Gasteiger partial charge in [0.05, 0.1) is 23.1 Å². The molecule has 0 aliphatic heterocycles. The second kappa shape index (κ2) is 4.08. The van der Waals surface area contributed by atoms with Gasteiger partial charge in [-0.1, -0.05) is 0 Å². The molecule has 0 aromatic carbocycles. The first kappa shape index (κ1) is 9.78. The number of nitriles is 1. The van der Waals surface area contributed by atoms with Crippen molar-refractivity contribution in [2.24, 2.45) is 5.73 Å². The molecule has 0 unspecified atom stereocenters. The number of nitrogens with zero attached hydrogens (tertiary/aromatic N) is 1. The number of halogens is 2. The fraction of sp³-hybridized carbons (Fsp3) is 0.286. The maximum Gasteiger partial charge on any atom is 0.0966 e. The Bertz CT molecular complexity index is 293. The van der Waals surface area contributed by atoms with Gasteiger partial charge in [0.2, 0.25) is 0 Å². The second-order valence-electron chi connectivity index (χ2n) is 2.36. The number of H-pyrrole nitrogens is 1. The van der Waals surface area contributed by atoms with E-state index in [4.69, 9.17) is 11.0 Å². The first-order chi connectivity index (χ1) is 5.65. The molecule has 1 atom stereocenters. The predicted molar refractivity (Wildman–Crippen MR) is 53.4 cm³/mol. The molecule has 1 aromatic rings. The smallest absolute Gasteiger partial charge is 0.0966 e. The Balaban J connectivity index is 2.83. The first-order valence-corrected chi connectivity index (χ1v) is 4.90. The summed E-state index contributed by atoms with van der Waals surface area (Å²) in [7, 11) is 0. The Morgan fingerprint density at radius 3 is 2.75 bits per heavy atom. The summed E-state index contributed by atoms with van der Waals surface area (Å²) in [6.07, 6.45) is 0.319. The topological polar surface area (TPSA) is 65.6 Å². The maximum atomic E-state index is 8.41. The van der Waals surface area contributed by atoms with Gasteiger partial charge < -0.3 is 10.7 Å². The highest BCUT2D eigenvalue weighted by atomic mass is 79.9. The van der Waals surface area contributed by atoms with E-state index in [0.717, 1.165) is 14.8 Å². The van der Waals surface area contributed by atoms with Crippen LogP contribution in [0.5, 0.6) is 0 Å². The molecule has 5 heteroatoms. The van der Waals surface area contributed by atoms with Crippen LogP contribution in [0.25, 0.3) is 0 Å². The summed E-state index contributed by atoms with van der Waals surface area (Å²) in [5, 5.41) is 8.41. The number of nitrogens with two attached hydrogens (primary N) is 1. The number of hydrogen-bond donors (Lipinski definition) is 2. The lowest BCUT2D eigenvalue weighted by Gasteiger charge is -2.02. The Morgan fingerprint density at radius 2 is 2.33 bits per heavy atom. The fourth-order valence-electron chi connectivity index (χ4n) is 0.830. The molecule has 0 bridgehead atoms. The molecule has 1 heterocycles. The van der Waals surface area contributed by atoms with Crippen molar-refractivity contribution in [3.63, 3.8) is 0 Å².